The summed E-state index contributed by atoms with van der Waals surface area (Å²) in [6.07, 6.45) is -0.178. The number of aliphatic carboxylic acids is 1. The normalized spacial score (nSPS) is 23.4. The van der Waals surface area contributed by atoms with Crippen LogP contribution in [0.3, 0.4) is 0 Å². The standard InChI is InChI=1S/C11H11BrO4/c1-11(5-10(13)14)15-6-7-4-8(12)2-3-9(7)16-11/h2-4H,5-6H2,1H3,(H,13,14). The summed E-state index contributed by atoms with van der Waals surface area (Å²) in [5.74, 6) is -1.34. The van der Waals surface area contributed by atoms with Crippen LogP contribution in [0.1, 0.15) is 18.9 Å². The van der Waals surface area contributed by atoms with Crippen molar-refractivity contribution in [3.05, 3.63) is 28.2 Å². The van der Waals surface area contributed by atoms with Gasteiger partial charge in [-0.2, -0.15) is 0 Å². The van der Waals surface area contributed by atoms with Gasteiger partial charge in [0.05, 0.1) is 6.61 Å². The Morgan fingerprint density at radius 3 is 3.06 bits per heavy atom. The summed E-state index contributed by atoms with van der Waals surface area (Å²) in [7, 11) is 0. The average molecular weight is 287 g/mol. The summed E-state index contributed by atoms with van der Waals surface area (Å²) in [6, 6.07) is 5.56. The van der Waals surface area contributed by atoms with Gasteiger partial charge in [0.2, 0.25) is 5.79 Å². The number of hydrogen-bond acceptors (Lipinski definition) is 3. The van der Waals surface area contributed by atoms with Gasteiger partial charge in [0, 0.05) is 17.0 Å². The number of fused-ring (bicyclic) bond motifs is 1. The topological polar surface area (TPSA) is 55.8 Å². The predicted octanol–water partition coefficient (Wildman–Crippen LogP) is 2.55. The molecule has 0 amide bonds. The third-order valence-electron chi connectivity index (χ3n) is 2.35. The molecule has 0 bridgehead atoms. The summed E-state index contributed by atoms with van der Waals surface area (Å²) in [6.45, 7) is 1.99. The predicted molar refractivity (Wildman–Crippen MR) is 60.2 cm³/mol. The highest BCUT2D eigenvalue weighted by Gasteiger charge is 2.35. The third kappa shape index (κ3) is 2.36. The maximum absolute atomic E-state index is 10.7. The Hall–Kier alpha value is -1.07. The summed E-state index contributed by atoms with van der Waals surface area (Å²) < 4.78 is 11.9. The zero-order chi connectivity index (χ0) is 11.8. The first-order valence-corrected chi connectivity index (χ1v) is 5.61. The quantitative estimate of drug-likeness (QED) is 0.908. The van der Waals surface area contributed by atoms with E-state index < -0.39 is 11.8 Å². The Kier molecular flexibility index (Phi) is 2.90. The van der Waals surface area contributed by atoms with Crippen LogP contribution in [0.15, 0.2) is 22.7 Å². The van der Waals surface area contributed by atoms with E-state index in [0.717, 1.165) is 10.0 Å². The number of carboxylic acids is 1. The molecular formula is C11H11BrO4. The molecule has 1 aliphatic heterocycles. The molecule has 0 aromatic heterocycles. The third-order valence-corrected chi connectivity index (χ3v) is 2.85. The van der Waals surface area contributed by atoms with Gasteiger partial charge in [-0.15, -0.1) is 0 Å². The van der Waals surface area contributed by atoms with Gasteiger partial charge in [0.1, 0.15) is 12.2 Å². The molecule has 0 saturated carbocycles. The number of benzene rings is 1. The van der Waals surface area contributed by atoms with E-state index in [4.69, 9.17) is 14.6 Å². The van der Waals surface area contributed by atoms with E-state index in [1.54, 1.807) is 6.92 Å². The minimum absolute atomic E-state index is 0.178. The maximum Gasteiger partial charge on any atom is 0.310 e. The van der Waals surface area contributed by atoms with E-state index in [1.807, 2.05) is 18.2 Å². The highest BCUT2D eigenvalue weighted by atomic mass is 79.9. The second kappa shape index (κ2) is 4.07. The molecule has 5 heteroatoms. The van der Waals surface area contributed by atoms with E-state index in [1.165, 1.54) is 0 Å². The molecule has 1 heterocycles. The average Bonchev–Trinajstić information content (AvgIpc) is 2.17. The number of halogens is 1. The molecule has 16 heavy (non-hydrogen) atoms. The number of carbonyl (C=O) groups is 1. The summed E-state index contributed by atoms with van der Waals surface area (Å²) in [4.78, 5) is 10.7. The number of rotatable bonds is 2. The highest BCUT2D eigenvalue weighted by molar-refractivity contribution is 9.10. The molecule has 1 atom stereocenters. The first-order chi connectivity index (χ1) is 7.48. The molecule has 2 rings (SSSR count). The molecule has 1 aromatic carbocycles. The van der Waals surface area contributed by atoms with Crippen molar-refractivity contribution in [2.75, 3.05) is 0 Å². The second-order valence-electron chi connectivity index (χ2n) is 3.85. The molecule has 1 aromatic rings. The zero-order valence-electron chi connectivity index (χ0n) is 8.70. The second-order valence-corrected chi connectivity index (χ2v) is 4.76. The van der Waals surface area contributed by atoms with E-state index in [-0.39, 0.29) is 6.42 Å². The van der Waals surface area contributed by atoms with Crippen molar-refractivity contribution >= 4 is 21.9 Å². The Morgan fingerprint density at radius 2 is 2.38 bits per heavy atom. The fourth-order valence-electron chi connectivity index (χ4n) is 1.61. The van der Waals surface area contributed by atoms with Gasteiger partial charge in [-0.25, -0.2) is 0 Å². The molecule has 0 saturated heterocycles. The van der Waals surface area contributed by atoms with Gasteiger partial charge in [-0.1, -0.05) is 15.9 Å². The fourth-order valence-corrected chi connectivity index (χ4v) is 2.02. The monoisotopic (exact) mass is 286 g/mol. The van der Waals surface area contributed by atoms with Crippen molar-refractivity contribution in [1.29, 1.82) is 0 Å². The van der Waals surface area contributed by atoms with Gasteiger partial charge in [0.15, 0.2) is 0 Å². The molecule has 4 nitrogen and oxygen atoms in total. The van der Waals surface area contributed by atoms with E-state index in [9.17, 15) is 4.79 Å². The lowest BCUT2D eigenvalue weighted by molar-refractivity contribution is -0.203. The van der Waals surface area contributed by atoms with E-state index in [2.05, 4.69) is 15.9 Å². The van der Waals surface area contributed by atoms with Gasteiger partial charge < -0.3 is 14.6 Å². The lowest BCUT2D eigenvalue weighted by Crippen LogP contribution is -2.40. The number of carboxylic acid groups (broad SMARTS) is 1. The summed E-state index contributed by atoms with van der Waals surface area (Å²) >= 11 is 3.35. The minimum Gasteiger partial charge on any atom is -0.481 e. The van der Waals surface area contributed by atoms with Crippen LogP contribution in [0.25, 0.3) is 0 Å². The van der Waals surface area contributed by atoms with Gasteiger partial charge in [0.25, 0.3) is 0 Å². The first-order valence-electron chi connectivity index (χ1n) is 4.82. The van der Waals surface area contributed by atoms with Crippen LogP contribution in [-0.4, -0.2) is 16.9 Å². The Bertz CT molecular complexity index is 432. The van der Waals surface area contributed by atoms with Crippen LogP contribution < -0.4 is 4.74 Å². The maximum atomic E-state index is 10.7. The molecule has 86 valence electrons. The fraction of sp³-hybridized carbons (Fsp3) is 0.364. The lowest BCUT2D eigenvalue weighted by Gasteiger charge is -2.34. The van der Waals surface area contributed by atoms with Crippen LogP contribution in [-0.2, 0) is 16.1 Å². The number of ether oxygens (including phenoxy) is 2. The Labute approximate surface area is 101 Å². The zero-order valence-corrected chi connectivity index (χ0v) is 10.3. The largest absolute Gasteiger partial charge is 0.481 e. The van der Waals surface area contributed by atoms with Gasteiger partial charge in [-0.3, -0.25) is 4.79 Å². The smallest absolute Gasteiger partial charge is 0.310 e. The van der Waals surface area contributed by atoms with Crippen LogP contribution in [0.5, 0.6) is 5.75 Å². The molecule has 1 unspecified atom stereocenters. The van der Waals surface area contributed by atoms with E-state index >= 15 is 0 Å². The molecule has 0 aliphatic carbocycles. The van der Waals surface area contributed by atoms with Crippen molar-refractivity contribution in [2.24, 2.45) is 0 Å². The van der Waals surface area contributed by atoms with Crippen molar-refractivity contribution in [3.8, 4) is 5.75 Å². The van der Waals surface area contributed by atoms with E-state index in [0.29, 0.717) is 12.4 Å². The molecule has 0 fully saturated rings. The molecule has 0 spiro atoms. The van der Waals surface area contributed by atoms with Crippen molar-refractivity contribution in [3.63, 3.8) is 0 Å². The van der Waals surface area contributed by atoms with Crippen molar-refractivity contribution in [2.45, 2.75) is 25.7 Å². The first kappa shape index (κ1) is 11.4. The number of hydrogen-bond donors (Lipinski definition) is 1. The van der Waals surface area contributed by atoms with Crippen molar-refractivity contribution in [1.82, 2.24) is 0 Å². The van der Waals surface area contributed by atoms with Crippen LogP contribution >= 0.6 is 15.9 Å². The SMILES string of the molecule is CC1(CC(=O)O)OCc2cc(Br)ccc2O1. The minimum atomic E-state index is -1.08. The highest BCUT2D eigenvalue weighted by Crippen LogP contribution is 2.34. The van der Waals surface area contributed by atoms with Crippen LogP contribution in [0, 0.1) is 0 Å². The molecule has 1 aliphatic rings. The van der Waals surface area contributed by atoms with Crippen molar-refractivity contribution < 1.29 is 19.4 Å². The Morgan fingerprint density at radius 1 is 1.62 bits per heavy atom. The van der Waals surface area contributed by atoms with Crippen LogP contribution in [0.4, 0.5) is 0 Å². The molecular weight excluding hydrogens is 276 g/mol. The lowest BCUT2D eigenvalue weighted by atomic mass is 10.1. The van der Waals surface area contributed by atoms with Gasteiger partial charge in [-0.05, 0) is 18.2 Å². The van der Waals surface area contributed by atoms with Crippen LogP contribution in [0.2, 0.25) is 0 Å². The summed E-state index contributed by atoms with van der Waals surface area (Å²) in [5.41, 5.74) is 0.914. The summed E-state index contributed by atoms with van der Waals surface area (Å²) in [5, 5.41) is 8.76. The molecule has 0 radical (unpaired) electrons. The molecule has 1 N–H and O–H groups in total. The Balaban J connectivity index is 2.23. The van der Waals surface area contributed by atoms with Gasteiger partial charge >= 0.3 is 5.97 Å².